The van der Waals surface area contributed by atoms with Crippen molar-refractivity contribution in [3.8, 4) is 0 Å². The third-order valence-corrected chi connectivity index (χ3v) is 4.36. The molecule has 1 saturated carbocycles. The molecule has 108 valence electrons. The number of carboxylic acid groups (broad SMARTS) is 1. The fourth-order valence-corrected chi connectivity index (χ4v) is 2.66. The van der Waals surface area contributed by atoms with Crippen LogP contribution >= 0.6 is 0 Å². The summed E-state index contributed by atoms with van der Waals surface area (Å²) in [5.74, 6) is -0.470. The molecule has 3 unspecified atom stereocenters. The second-order valence-electron chi connectivity index (χ2n) is 6.18. The Morgan fingerprint density at radius 2 is 2.11 bits per heavy atom. The summed E-state index contributed by atoms with van der Waals surface area (Å²) >= 11 is 0. The highest BCUT2D eigenvalue weighted by Gasteiger charge is 2.46. The molecule has 0 spiro atoms. The number of ether oxygens (including phenoxy) is 1. The van der Waals surface area contributed by atoms with Crippen molar-refractivity contribution in [1.82, 2.24) is 10.2 Å². The molecule has 0 aromatic rings. The standard InChI is InChI=1S/C13H22N2O4/c1-13(2)5-8(13)6-14-12(18)15-7-9(19-3)4-10(15)11(16)17/h8-10H,4-7H2,1-3H3,(H,14,18)(H,16,17). The summed E-state index contributed by atoms with van der Waals surface area (Å²) in [6, 6.07) is -1.08. The van der Waals surface area contributed by atoms with E-state index >= 15 is 0 Å². The molecular formula is C13H22N2O4. The van der Waals surface area contributed by atoms with Gasteiger partial charge in [0.15, 0.2) is 0 Å². The first-order valence-corrected chi connectivity index (χ1v) is 6.65. The van der Waals surface area contributed by atoms with Crippen LogP contribution in [0.5, 0.6) is 0 Å². The van der Waals surface area contributed by atoms with Crippen LogP contribution in [0.2, 0.25) is 0 Å². The van der Waals surface area contributed by atoms with Crippen molar-refractivity contribution in [3.05, 3.63) is 0 Å². The topological polar surface area (TPSA) is 78.9 Å². The van der Waals surface area contributed by atoms with Crippen molar-refractivity contribution in [3.63, 3.8) is 0 Å². The Morgan fingerprint density at radius 3 is 2.58 bits per heavy atom. The van der Waals surface area contributed by atoms with E-state index in [2.05, 4.69) is 19.2 Å². The van der Waals surface area contributed by atoms with Crippen LogP contribution in [0.25, 0.3) is 0 Å². The van der Waals surface area contributed by atoms with Crippen LogP contribution in [0, 0.1) is 11.3 Å². The lowest BCUT2D eigenvalue weighted by atomic mass is 10.1. The first-order chi connectivity index (χ1) is 8.85. The summed E-state index contributed by atoms with van der Waals surface area (Å²) < 4.78 is 5.16. The van der Waals surface area contributed by atoms with E-state index in [-0.39, 0.29) is 12.1 Å². The number of methoxy groups -OCH3 is 1. The van der Waals surface area contributed by atoms with Gasteiger partial charge in [0, 0.05) is 26.6 Å². The average molecular weight is 270 g/mol. The normalized spacial score (nSPS) is 32.2. The molecule has 1 aliphatic heterocycles. The molecule has 2 amide bonds. The SMILES string of the molecule is COC1CC(C(=O)O)N(C(=O)NCC2CC2(C)C)C1. The highest BCUT2D eigenvalue weighted by Crippen LogP contribution is 2.50. The van der Waals surface area contributed by atoms with Gasteiger partial charge in [-0.25, -0.2) is 9.59 Å². The molecule has 6 nitrogen and oxygen atoms in total. The lowest BCUT2D eigenvalue weighted by Gasteiger charge is -2.21. The van der Waals surface area contributed by atoms with Crippen molar-refractivity contribution in [2.45, 2.75) is 38.8 Å². The number of nitrogens with zero attached hydrogens (tertiary/aromatic N) is 1. The van der Waals surface area contributed by atoms with Crippen LogP contribution in [0.3, 0.4) is 0 Å². The summed E-state index contributed by atoms with van der Waals surface area (Å²) in [4.78, 5) is 24.6. The Morgan fingerprint density at radius 1 is 1.47 bits per heavy atom. The number of amides is 2. The van der Waals surface area contributed by atoms with Gasteiger partial charge in [0.25, 0.3) is 0 Å². The van der Waals surface area contributed by atoms with Crippen LogP contribution in [-0.2, 0) is 9.53 Å². The maximum Gasteiger partial charge on any atom is 0.326 e. The third-order valence-electron chi connectivity index (χ3n) is 4.36. The lowest BCUT2D eigenvalue weighted by molar-refractivity contribution is -0.141. The number of carboxylic acids is 1. The predicted octanol–water partition coefficient (Wildman–Crippen LogP) is 0.916. The second kappa shape index (κ2) is 5.00. The minimum atomic E-state index is -0.971. The predicted molar refractivity (Wildman–Crippen MR) is 68.8 cm³/mol. The number of carbonyl (C=O) groups excluding carboxylic acids is 1. The van der Waals surface area contributed by atoms with E-state index in [1.165, 1.54) is 12.0 Å². The van der Waals surface area contributed by atoms with E-state index in [1.54, 1.807) is 0 Å². The summed E-state index contributed by atoms with van der Waals surface area (Å²) in [5, 5.41) is 12.0. The van der Waals surface area contributed by atoms with Gasteiger partial charge in [-0.1, -0.05) is 13.8 Å². The van der Waals surface area contributed by atoms with Gasteiger partial charge in [0.05, 0.1) is 6.10 Å². The second-order valence-corrected chi connectivity index (χ2v) is 6.18. The molecule has 1 saturated heterocycles. The van der Waals surface area contributed by atoms with Gasteiger partial charge < -0.3 is 20.1 Å². The molecular weight excluding hydrogens is 248 g/mol. The van der Waals surface area contributed by atoms with E-state index < -0.39 is 12.0 Å². The molecule has 0 aromatic carbocycles. The Bertz CT molecular complexity index is 383. The van der Waals surface area contributed by atoms with Crippen molar-refractivity contribution < 1.29 is 19.4 Å². The van der Waals surface area contributed by atoms with Crippen molar-refractivity contribution in [1.29, 1.82) is 0 Å². The first kappa shape index (κ1) is 14.1. The summed E-state index contributed by atoms with van der Waals surface area (Å²) in [6.07, 6.45) is 1.27. The van der Waals surface area contributed by atoms with Crippen LogP contribution < -0.4 is 5.32 Å². The van der Waals surface area contributed by atoms with Crippen LogP contribution in [0.4, 0.5) is 4.79 Å². The van der Waals surface area contributed by atoms with E-state index in [0.29, 0.717) is 30.8 Å². The largest absolute Gasteiger partial charge is 0.480 e. The number of rotatable bonds is 4. The number of likely N-dealkylation sites (tertiary alicyclic amines) is 1. The molecule has 1 aliphatic carbocycles. The minimum absolute atomic E-state index is 0.191. The monoisotopic (exact) mass is 270 g/mol. The Balaban J connectivity index is 1.88. The summed E-state index contributed by atoms with van der Waals surface area (Å²) in [5.41, 5.74) is 0.305. The fourth-order valence-electron chi connectivity index (χ4n) is 2.66. The number of carbonyl (C=O) groups is 2. The molecule has 2 N–H and O–H groups in total. The first-order valence-electron chi connectivity index (χ1n) is 6.65. The van der Waals surface area contributed by atoms with Gasteiger partial charge in [0.1, 0.15) is 6.04 Å². The Hall–Kier alpha value is -1.30. The molecule has 6 heteroatoms. The number of hydrogen-bond donors (Lipinski definition) is 2. The van der Waals surface area contributed by atoms with Gasteiger partial charge in [0.2, 0.25) is 0 Å². The zero-order chi connectivity index (χ0) is 14.2. The Kier molecular flexibility index (Phi) is 3.71. The van der Waals surface area contributed by atoms with Crippen molar-refractivity contribution >= 4 is 12.0 Å². The smallest absolute Gasteiger partial charge is 0.326 e. The van der Waals surface area contributed by atoms with Crippen LogP contribution in [0.15, 0.2) is 0 Å². The van der Waals surface area contributed by atoms with E-state index in [0.717, 1.165) is 6.42 Å². The molecule has 0 radical (unpaired) electrons. The lowest BCUT2D eigenvalue weighted by Crippen LogP contribution is -2.46. The molecule has 3 atom stereocenters. The molecule has 2 fully saturated rings. The molecule has 2 aliphatic rings. The number of nitrogens with one attached hydrogen (secondary N) is 1. The van der Waals surface area contributed by atoms with Gasteiger partial charge in [-0.15, -0.1) is 0 Å². The zero-order valence-corrected chi connectivity index (χ0v) is 11.7. The van der Waals surface area contributed by atoms with Gasteiger partial charge in [-0.3, -0.25) is 0 Å². The van der Waals surface area contributed by atoms with Gasteiger partial charge in [-0.05, 0) is 17.8 Å². The molecule has 1 heterocycles. The molecule has 0 bridgehead atoms. The van der Waals surface area contributed by atoms with Crippen LogP contribution in [0.1, 0.15) is 26.7 Å². The maximum atomic E-state index is 12.1. The van der Waals surface area contributed by atoms with Gasteiger partial charge >= 0.3 is 12.0 Å². The summed E-state index contributed by atoms with van der Waals surface area (Å²) in [6.45, 7) is 5.29. The average Bonchev–Trinajstić information content (AvgIpc) is 2.78. The maximum absolute atomic E-state index is 12.1. The highest BCUT2D eigenvalue weighted by atomic mass is 16.5. The third kappa shape index (κ3) is 3.00. The number of urea groups is 1. The molecule has 0 aromatic heterocycles. The Labute approximate surface area is 113 Å². The minimum Gasteiger partial charge on any atom is -0.480 e. The molecule has 19 heavy (non-hydrogen) atoms. The highest BCUT2D eigenvalue weighted by molar-refractivity contribution is 5.83. The van der Waals surface area contributed by atoms with Crippen LogP contribution in [-0.4, -0.2) is 54.4 Å². The number of hydrogen-bond acceptors (Lipinski definition) is 3. The van der Waals surface area contributed by atoms with E-state index in [1.807, 2.05) is 0 Å². The van der Waals surface area contributed by atoms with Crippen molar-refractivity contribution in [2.75, 3.05) is 20.2 Å². The fraction of sp³-hybridized carbons (Fsp3) is 0.846. The van der Waals surface area contributed by atoms with E-state index in [9.17, 15) is 9.59 Å². The van der Waals surface area contributed by atoms with Gasteiger partial charge in [-0.2, -0.15) is 0 Å². The quantitative estimate of drug-likeness (QED) is 0.796. The zero-order valence-electron chi connectivity index (χ0n) is 11.7. The number of aliphatic carboxylic acids is 1. The summed E-state index contributed by atoms with van der Waals surface area (Å²) in [7, 11) is 1.54. The van der Waals surface area contributed by atoms with E-state index in [4.69, 9.17) is 9.84 Å². The molecule has 2 rings (SSSR count). The van der Waals surface area contributed by atoms with Crippen molar-refractivity contribution in [2.24, 2.45) is 11.3 Å².